The minimum atomic E-state index is -0.153. The Morgan fingerprint density at radius 3 is 2.61 bits per heavy atom. The smallest absolute Gasteiger partial charge is 0.320 e. The number of methoxy groups -OCH3 is 1. The quantitative estimate of drug-likeness (QED) is 0.574. The fourth-order valence-corrected chi connectivity index (χ4v) is 3.94. The molecule has 1 aromatic rings. The summed E-state index contributed by atoms with van der Waals surface area (Å²) >= 11 is 6.20. The lowest BCUT2D eigenvalue weighted by Crippen LogP contribution is -2.36. The van der Waals surface area contributed by atoms with E-state index in [-0.39, 0.29) is 18.2 Å². The Kier molecular flexibility index (Phi) is 8.37. The van der Waals surface area contributed by atoms with Crippen LogP contribution in [0.2, 0.25) is 5.15 Å². The molecule has 3 rings (SSSR count). The lowest BCUT2D eigenvalue weighted by molar-refractivity contribution is 0.0855. The molecule has 3 heterocycles. The molecule has 0 radical (unpaired) electrons. The summed E-state index contributed by atoms with van der Waals surface area (Å²) in [6.45, 7) is 9.07. The summed E-state index contributed by atoms with van der Waals surface area (Å²) < 4.78 is 16.8. The first-order chi connectivity index (χ1) is 14.9. The molecule has 0 bridgehead atoms. The van der Waals surface area contributed by atoms with Gasteiger partial charge in [-0.25, -0.2) is 0 Å². The van der Waals surface area contributed by atoms with Crippen LogP contribution in [0.3, 0.4) is 0 Å². The maximum Gasteiger partial charge on any atom is 0.320 e. The predicted octanol–water partition coefficient (Wildman–Crippen LogP) is 3.45. The van der Waals surface area contributed by atoms with Crippen LogP contribution in [0.1, 0.15) is 40.0 Å². The van der Waals surface area contributed by atoms with Crippen molar-refractivity contribution >= 4 is 23.3 Å². The largest absolute Gasteiger partial charge is 0.490 e. The van der Waals surface area contributed by atoms with Crippen molar-refractivity contribution in [2.75, 3.05) is 38.3 Å². The van der Waals surface area contributed by atoms with E-state index in [1.165, 1.54) is 0 Å². The highest BCUT2D eigenvalue weighted by Crippen LogP contribution is 2.26. The first-order valence-electron chi connectivity index (χ1n) is 11.0. The van der Waals surface area contributed by atoms with Gasteiger partial charge in [-0.1, -0.05) is 25.4 Å². The third-order valence-electron chi connectivity index (χ3n) is 5.65. The van der Waals surface area contributed by atoms with Gasteiger partial charge >= 0.3 is 6.01 Å². The molecule has 31 heavy (non-hydrogen) atoms. The zero-order valence-corrected chi connectivity index (χ0v) is 19.6. The molecule has 172 valence electrons. The minimum absolute atomic E-state index is 0.153. The number of ether oxygens (including phenoxy) is 3. The summed E-state index contributed by atoms with van der Waals surface area (Å²) in [5.74, 6) is 2.97. The molecule has 0 spiro atoms. The van der Waals surface area contributed by atoms with Gasteiger partial charge in [-0.15, -0.1) is 0 Å². The van der Waals surface area contributed by atoms with Crippen molar-refractivity contribution in [1.82, 2.24) is 9.97 Å². The van der Waals surface area contributed by atoms with Gasteiger partial charge in [0.15, 0.2) is 11.6 Å². The SMILES string of the molecule is COC[C@@H](C)Oc1nc(Cl)cc(N2CCC(COC3=CC[C@H](C(C)C)N=C3N)CC2)n1. The van der Waals surface area contributed by atoms with Gasteiger partial charge in [0, 0.05) is 26.3 Å². The number of halogens is 1. The van der Waals surface area contributed by atoms with Crippen molar-refractivity contribution in [2.45, 2.75) is 52.2 Å². The molecule has 1 fully saturated rings. The Balaban J connectivity index is 1.50. The molecule has 2 N–H and O–H groups in total. The first kappa shape index (κ1) is 23.6. The second-order valence-electron chi connectivity index (χ2n) is 8.59. The molecule has 9 heteroatoms. The van der Waals surface area contributed by atoms with Gasteiger partial charge in [-0.3, -0.25) is 4.99 Å². The highest BCUT2D eigenvalue weighted by molar-refractivity contribution is 6.29. The average molecular weight is 452 g/mol. The number of nitrogens with zero attached hydrogens (tertiary/aromatic N) is 4. The van der Waals surface area contributed by atoms with Gasteiger partial charge in [-0.05, 0) is 44.1 Å². The summed E-state index contributed by atoms with van der Waals surface area (Å²) in [5, 5.41) is 0.369. The summed E-state index contributed by atoms with van der Waals surface area (Å²) in [7, 11) is 1.63. The normalized spacial score (nSPS) is 21.0. The van der Waals surface area contributed by atoms with Crippen LogP contribution >= 0.6 is 11.6 Å². The van der Waals surface area contributed by atoms with Gasteiger partial charge in [0.25, 0.3) is 0 Å². The monoisotopic (exact) mass is 451 g/mol. The van der Waals surface area contributed by atoms with Gasteiger partial charge in [0.05, 0.1) is 19.3 Å². The second kappa shape index (κ2) is 11.0. The number of hydrogen-bond donors (Lipinski definition) is 1. The maximum atomic E-state index is 6.20. The Hall–Kier alpha value is -2.06. The zero-order valence-electron chi connectivity index (χ0n) is 18.9. The molecule has 0 unspecified atom stereocenters. The molecule has 2 aliphatic rings. The molecule has 8 nitrogen and oxygen atoms in total. The summed E-state index contributed by atoms with van der Waals surface area (Å²) in [4.78, 5) is 15.5. The van der Waals surface area contributed by atoms with Crippen LogP contribution in [0.25, 0.3) is 0 Å². The van der Waals surface area contributed by atoms with Crippen LogP contribution < -0.4 is 15.4 Å². The van der Waals surface area contributed by atoms with Crippen LogP contribution in [0.4, 0.5) is 5.82 Å². The minimum Gasteiger partial charge on any atom is -0.490 e. The van der Waals surface area contributed by atoms with Gasteiger partial charge in [-0.2, -0.15) is 9.97 Å². The van der Waals surface area contributed by atoms with E-state index in [2.05, 4.69) is 39.8 Å². The molecule has 0 saturated carbocycles. The van der Waals surface area contributed by atoms with Crippen LogP contribution in [0.5, 0.6) is 6.01 Å². The number of amidine groups is 1. The highest BCUT2D eigenvalue weighted by Gasteiger charge is 2.24. The van der Waals surface area contributed by atoms with Crippen molar-refractivity contribution in [3.8, 4) is 6.01 Å². The summed E-state index contributed by atoms with van der Waals surface area (Å²) in [5.41, 5.74) is 6.10. The highest BCUT2D eigenvalue weighted by atomic mass is 35.5. The number of hydrogen-bond acceptors (Lipinski definition) is 8. The third kappa shape index (κ3) is 6.71. The van der Waals surface area contributed by atoms with Crippen molar-refractivity contribution in [3.05, 3.63) is 23.1 Å². The fourth-order valence-electron chi connectivity index (χ4n) is 3.77. The molecule has 1 aromatic heterocycles. The molecular weight excluding hydrogens is 418 g/mol. The molecule has 0 amide bonds. The number of anilines is 1. The number of rotatable bonds is 9. The van der Waals surface area contributed by atoms with Crippen LogP contribution in [-0.2, 0) is 9.47 Å². The van der Waals surface area contributed by atoms with E-state index in [4.69, 9.17) is 31.5 Å². The van der Waals surface area contributed by atoms with E-state index in [0.717, 1.165) is 43.9 Å². The lowest BCUT2D eigenvalue weighted by atomic mass is 9.97. The fraction of sp³-hybridized carbons (Fsp3) is 0.682. The van der Waals surface area contributed by atoms with Crippen molar-refractivity contribution in [1.29, 1.82) is 0 Å². The van der Waals surface area contributed by atoms with Crippen LogP contribution in [-0.4, -0.2) is 61.4 Å². The van der Waals surface area contributed by atoms with E-state index in [0.29, 0.717) is 36.0 Å². The Bertz CT molecular complexity index is 793. The average Bonchev–Trinajstić information content (AvgIpc) is 2.73. The summed E-state index contributed by atoms with van der Waals surface area (Å²) in [6, 6.07) is 2.30. The van der Waals surface area contributed by atoms with Gasteiger partial charge in [0.2, 0.25) is 0 Å². The van der Waals surface area contributed by atoms with E-state index in [9.17, 15) is 0 Å². The van der Waals surface area contributed by atoms with Crippen molar-refractivity contribution < 1.29 is 14.2 Å². The topological polar surface area (TPSA) is 95.1 Å². The Morgan fingerprint density at radius 2 is 1.97 bits per heavy atom. The number of dihydropyridines is 1. The predicted molar refractivity (Wildman–Crippen MR) is 123 cm³/mol. The molecule has 2 aliphatic heterocycles. The first-order valence-corrected chi connectivity index (χ1v) is 11.3. The molecule has 0 aromatic carbocycles. The zero-order chi connectivity index (χ0) is 22.4. The van der Waals surface area contributed by atoms with E-state index in [1.54, 1.807) is 13.2 Å². The van der Waals surface area contributed by atoms with Crippen LogP contribution in [0, 0.1) is 11.8 Å². The number of nitrogens with two attached hydrogens (primary N) is 1. The van der Waals surface area contributed by atoms with Crippen molar-refractivity contribution in [2.24, 2.45) is 22.6 Å². The van der Waals surface area contributed by atoms with Gasteiger partial charge in [0.1, 0.15) is 17.1 Å². The molecule has 0 aliphatic carbocycles. The molecule has 2 atom stereocenters. The summed E-state index contributed by atoms with van der Waals surface area (Å²) in [6.07, 6.45) is 4.80. The van der Waals surface area contributed by atoms with Gasteiger partial charge < -0.3 is 24.8 Å². The maximum absolute atomic E-state index is 6.20. The Morgan fingerprint density at radius 1 is 1.23 bits per heavy atom. The number of aromatic nitrogens is 2. The number of aliphatic imine (C=N–C) groups is 1. The molecular formula is C22H34ClN5O3. The lowest BCUT2D eigenvalue weighted by Gasteiger charge is -2.33. The molecule has 1 saturated heterocycles. The van der Waals surface area contributed by atoms with E-state index < -0.39 is 0 Å². The van der Waals surface area contributed by atoms with Crippen molar-refractivity contribution in [3.63, 3.8) is 0 Å². The number of piperidine rings is 1. The Labute approximate surface area is 189 Å². The van der Waals surface area contributed by atoms with E-state index >= 15 is 0 Å². The second-order valence-corrected chi connectivity index (χ2v) is 8.97. The third-order valence-corrected chi connectivity index (χ3v) is 5.85. The van der Waals surface area contributed by atoms with E-state index in [1.807, 2.05) is 6.92 Å². The standard InChI is InChI=1S/C22H34ClN5O3/c1-14(2)17-5-6-18(21(24)25-17)30-13-16-7-9-28(10-8-16)20-11-19(23)26-22(27-20)31-15(3)12-29-4/h6,11,14-17H,5,7-10,12-13H2,1-4H3,(H2,24,25)/t15-,17-/m1/s1. The van der Waals surface area contributed by atoms with Crippen LogP contribution in [0.15, 0.2) is 22.9 Å².